The molecule has 1 aromatic carbocycles. The number of unbranched alkanes of at least 4 members (excludes halogenated alkanes) is 1. The van der Waals surface area contributed by atoms with Crippen molar-refractivity contribution in [3.05, 3.63) is 42.0 Å². The van der Waals surface area contributed by atoms with Gasteiger partial charge in [0.05, 0.1) is 0 Å². The predicted octanol–water partition coefficient (Wildman–Crippen LogP) is 4.09. The first-order valence-corrected chi connectivity index (χ1v) is 9.76. The van der Waals surface area contributed by atoms with E-state index >= 15 is 0 Å². The fourth-order valence-electron chi connectivity index (χ4n) is 2.80. The molecule has 0 aliphatic carbocycles. The van der Waals surface area contributed by atoms with Crippen LogP contribution in [0.3, 0.4) is 0 Å². The Morgan fingerprint density at radius 3 is 2.59 bits per heavy atom. The molecule has 0 heterocycles. The summed E-state index contributed by atoms with van der Waals surface area (Å²) >= 11 is 0. The van der Waals surface area contributed by atoms with Crippen LogP contribution in [0, 0.1) is 5.92 Å². The third-order valence-corrected chi connectivity index (χ3v) is 4.19. The van der Waals surface area contributed by atoms with Crippen molar-refractivity contribution in [1.82, 2.24) is 5.32 Å². The Hall–Kier alpha value is -2.14. The molecule has 27 heavy (non-hydrogen) atoms. The molecule has 150 valence electrons. The van der Waals surface area contributed by atoms with Crippen LogP contribution in [0.4, 0.5) is 5.69 Å². The van der Waals surface area contributed by atoms with E-state index < -0.39 is 6.10 Å². The lowest BCUT2D eigenvalue weighted by Gasteiger charge is -2.15. The number of ether oxygens (including phenoxy) is 1. The first-order chi connectivity index (χ1) is 12.9. The highest BCUT2D eigenvalue weighted by atomic mass is 16.5. The van der Waals surface area contributed by atoms with Gasteiger partial charge in [-0.05, 0) is 49.7 Å². The Balaban J connectivity index is 2.34. The maximum atomic E-state index is 12.3. The van der Waals surface area contributed by atoms with Crippen molar-refractivity contribution in [2.24, 2.45) is 5.92 Å². The molecular weight excluding hydrogens is 340 g/mol. The van der Waals surface area contributed by atoms with E-state index in [9.17, 15) is 9.59 Å². The van der Waals surface area contributed by atoms with Crippen molar-refractivity contribution in [3.8, 4) is 0 Å². The summed E-state index contributed by atoms with van der Waals surface area (Å²) < 4.78 is 5.33. The van der Waals surface area contributed by atoms with Gasteiger partial charge in [-0.1, -0.05) is 44.2 Å². The Morgan fingerprint density at radius 1 is 1.19 bits per heavy atom. The van der Waals surface area contributed by atoms with Crippen LogP contribution in [0.25, 0.3) is 0 Å². The first kappa shape index (κ1) is 22.9. The summed E-state index contributed by atoms with van der Waals surface area (Å²) in [5, 5.41) is 5.79. The van der Waals surface area contributed by atoms with Gasteiger partial charge in [0.2, 0.25) is 11.8 Å². The molecule has 0 radical (unpaired) electrons. The smallest absolute Gasteiger partial charge is 0.249 e. The van der Waals surface area contributed by atoms with E-state index in [1.54, 1.807) is 7.11 Å². The van der Waals surface area contributed by atoms with Gasteiger partial charge in [0.25, 0.3) is 0 Å². The van der Waals surface area contributed by atoms with Gasteiger partial charge >= 0.3 is 0 Å². The molecule has 0 spiro atoms. The van der Waals surface area contributed by atoms with Crippen LogP contribution in [0.1, 0.15) is 52.0 Å². The van der Waals surface area contributed by atoms with Crippen molar-refractivity contribution >= 4 is 17.5 Å². The number of hydrogen-bond acceptors (Lipinski definition) is 3. The lowest BCUT2D eigenvalue weighted by atomic mass is 10.1. The van der Waals surface area contributed by atoms with E-state index in [-0.39, 0.29) is 11.8 Å². The van der Waals surface area contributed by atoms with Crippen molar-refractivity contribution in [2.45, 2.75) is 59.0 Å². The highest BCUT2D eigenvalue weighted by molar-refractivity contribution is 5.89. The minimum atomic E-state index is -0.399. The summed E-state index contributed by atoms with van der Waals surface area (Å²) in [6.07, 6.45) is 8.15. The molecule has 1 atom stereocenters. The van der Waals surface area contributed by atoms with Crippen LogP contribution < -0.4 is 10.6 Å². The van der Waals surface area contributed by atoms with Gasteiger partial charge in [-0.3, -0.25) is 9.59 Å². The standard InChI is InChI=1S/C22H34N2O3/c1-17(2)11-6-5-7-15-21(27-4)22(26)23-16-10-13-19-12-8-9-14-20(19)24-18(3)25/h6,8-9,11-12,14,17,21H,5,7,10,13,15-16H2,1-4H3,(H,23,26)(H,24,25)/b11-6+. The molecule has 2 N–H and O–H groups in total. The van der Waals surface area contributed by atoms with Gasteiger partial charge in [-0.25, -0.2) is 0 Å². The molecule has 0 saturated heterocycles. The number of amides is 2. The fraction of sp³-hybridized carbons (Fsp3) is 0.545. The summed E-state index contributed by atoms with van der Waals surface area (Å²) in [4.78, 5) is 23.5. The Kier molecular flexibility index (Phi) is 11.1. The zero-order chi connectivity index (χ0) is 20.1. The summed E-state index contributed by atoms with van der Waals surface area (Å²) in [7, 11) is 1.58. The van der Waals surface area contributed by atoms with Gasteiger partial charge in [-0.2, -0.15) is 0 Å². The van der Waals surface area contributed by atoms with E-state index in [1.165, 1.54) is 6.92 Å². The Morgan fingerprint density at radius 2 is 1.93 bits per heavy atom. The molecule has 0 aliphatic heterocycles. The molecule has 1 aromatic rings. The number of para-hydroxylation sites is 1. The molecule has 0 aliphatic rings. The number of aryl methyl sites for hydroxylation is 1. The zero-order valence-corrected chi connectivity index (χ0v) is 17.1. The molecule has 0 aromatic heterocycles. The number of carbonyl (C=O) groups is 2. The zero-order valence-electron chi connectivity index (χ0n) is 17.1. The minimum absolute atomic E-state index is 0.0551. The topological polar surface area (TPSA) is 67.4 Å². The second-order valence-corrected chi connectivity index (χ2v) is 7.06. The van der Waals surface area contributed by atoms with Gasteiger partial charge < -0.3 is 15.4 Å². The van der Waals surface area contributed by atoms with Crippen molar-refractivity contribution in [3.63, 3.8) is 0 Å². The number of hydrogen-bond donors (Lipinski definition) is 2. The van der Waals surface area contributed by atoms with Crippen LogP contribution in [-0.4, -0.2) is 31.6 Å². The molecule has 5 heteroatoms. The number of nitrogens with one attached hydrogen (secondary N) is 2. The summed E-state index contributed by atoms with van der Waals surface area (Å²) in [5.41, 5.74) is 1.91. The Labute approximate surface area is 163 Å². The molecule has 1 unspecified atom stereocenters. The average Bonchev–Trinajstić information content (AvgIpc) is 2.62. The van der Waals surface area contributed by atoms with E-state index in [0.29, 0.717) is 12.5 Å². The number of methoxy groups -OCH3 is 1. The SMILES string of the molecule is COC(CCC/C=C/C(C)C)C(=O)NCCCc1ccccc1NC(C)=O. The van der Waals surface area contributed by atoms with Crippen molar-refractivity contribution in [2.75, 3.05) is 19.0 Å². The second kappa shape index (κ2) is 13.1. The van der Waals surface area contributed by atoms with Gasteiger partial charge in [-0.15, -0.1) is 0 Å². The minimum Gasteiger partial charge on any atom is -0.372 e. The van der Waals surface area contributed by atoms with Gasteiger partial charge in [0.1, 0.15) is 6.10 Å². The monoisotopic (exact) mass is 374 g/mol. The van der Waals surface area contributed by atoms with E-state index in [2.05, 4.69) is 36.6 Å². The average molecular weight is 375 g/mol. The highest BCUT2D eigenvalue weighted by Gasteiger charge is 2.16. The quantitative estimate of drug-likeness (QED) is 0.428. The van der Waals surface area contributed by atoms with Crippen molar-refractivity contribution in [1.29, 1.82) is 0 Å². The predicted molar refractivity (Wildman–Crippen MR) is 111 cm³/mol. The summed E-state index contributed by atoms with van der Waals surface area (Å²) in [6.45, 7) is 6.38. The summed E-state index contributed by atoms with van der Waals surface area (Å²) in [6, 6.07) is 7.74. The molecular formula is C22H34N2O3. The number of carbonyl (C=O) groups excluding carboxylic acids is 2. The molecule has 0 fully saturated rings. The van der Waals surface area contributed by atoms with Gasteiger partial charge in [0.15, 0.2) is 0 Å². The van der Waals surface area contributed by atoms with Crippen LogP contribution in [0.15, 0.2) is 36.4 Å². The molecule has 2 amide bonds. The van der Waals surface area contributed by atoms with E-state index in [0.717, 1.165) is 43.4 Å². The summed E-state index contributed by atoms with van der Waals surface area (Å²) in [5.74, 6) is 0.421. The third-order valence-electron chi connectivity index (χ3n) is 4.19. The van der Waals surface area contributed by atoms with Crippen LogP contribution in [0.5, 0.6) is 0 Å². The van der Waals surface area contributed by atoms with E-state index in [4.69, 9.17) is 4.74 Å². The third kappa shape index (κ3) is 9.94. The highest BCUT2D eigenvalue weighted by Crippen LogP contribution is 2.16. The first-order valence-electron chi connectivity index (χ1n) is 9.76. The lowest BCUT2D eigenvalue weighted by Crippen LogP contribution is -2.36. The molecule has 5 nitrogen and oxygen atoms in total. The second-order valence-electron chi connectivity index (χ2n) is 7.06. The molecule has 1 rings (SSSR count). The largest absolute Gasteiger partial charge is 0.372 e. The molecule has 0 bridgehead atoms. The van der Waals surface area contributed by atoms with E-state index in [1.807, 2.05) is 24.3 Å². The maximum Gasteiger partial charge on any atom is 0.249 e. The number of rotatable bonds is 12. The molecule has 0 saturated carbocycles. The number of allylic oxidation sites excluding steroid dienone is 2. The fourth-order valence-corrected chi connectivity index (χ4v) is 2.80. The Bertz CT molecular complexity index is 611. The van der Waals surface area contributed by atoms with Crippen molar-refractivity contribution < 1.29 is 14.3 Å². The van der Waals surface area contributed by atoms with Crippen LogP contribution in [-0.2, 0) is 20.7 Å². The number of benzene rings is 1. The maximum absolute atomic E-state index is 12.3. The normalized spacial score (nSPS) is 12.3. The number of anilines is 1. The van der Waals surface area contributed by atoms with Crippen LogP contribution >= 0.6 is 0 Å². The lowest BCUT2D eigenvalue weighted by molar-refractivity contribution is -0.131. The van der Waals surface area contributed by atoms with Crippen LogP contribution in [0.2, 0.25) is 0 Å². The van der Waals surface area contributed by atoms with Gasteiger partial charge in [0, 0.05) is 26.3 Å².